The molecule has 3 rings (SSSR count). The van der Waals surface area contributed by atoms with E-state index in [1.165, 1.54) is 6.07 Å². The summed E-state index contributed by atoms with van der Waals surface area (Å²) >= 11 is 29.8. The van der Waals surface area contributed by atoms with Crippen LogP contribution in [0.25, 0.3) is 0 Å². The summed E-state index contributed by atoms with van der Waals surface area (Å²) in [4.78, 5) is 12.5. The minimum absolute atomic E-state index is 0.0386. The third-order valence-corrected chi connectivity index (χ3v) is 6.10. The third-order valence-electron chi connectivity index (χ3n) is 4.29. The lowest BCUT2D eigenvalue weighted by molar-refractivity contribution is 0.102. The van der Waals surface area contributed by atoms with Gasteiger partial charge in [-0.05, 0) is 41.5 Å². The molecule has 0 bridgehead atoms. The Bertz CT molecular complexity index is 1170. The van der Waals surface area contributed by atoms with Crippen molar-refractivity contribution in [1.82, 2.24) is 0 Å². The van der Waals surface area contributed by atoms with Crippen molar-refractivity contribution in [3.63, 3.8) is 0 Å². The first kappa shape index (κ1) is 22.6. The van der Waals surface area contributed by atoms with E-state index in [-0.39, 0.29) is 20.6 Å². The van der Waals surface area contributed by atoms with Gasteiger partial charge in [-0.1, -0.05) is 76.2 Å². The molecule has 0 aromatic heterocycles. The zero-order chi connectivity index (χ0) is 22.0. The second-order valence-electron chi connectivity index (χ2n) is 6.19. The number of hydrogen-bond acceptors (Lipinski definition) is 3. The number of phenols is 1. The van der Waals surface area contributed by atoms with E-state index in [1.807, 2.05) is 0 Å². The van der Waals surface area contributed by atoms with Crippen LogP contribution in [0.3, 0.4) is 0 Å². The first-order valence-corrected chi connectivity index (χ1v) is 10.2. The molecule has 1 atom stereocenters. The molecule has 3 aromatic rings. The van der Waals surface area contributed by atoms with Crippen molar-refractivity contribution in [2.75, 3.05) is 5.32 Å². The van der Waals surface area contributed by atoms with E-state index in [0.29, 0.717) is 26.9 Å². The van der Waals surface area contributed by atoms with Gasteiger partial charge in [0.1, 0.15) is 10.8 Å². The van der Waals surface area contributed by atoms with E-state index in [2.05, 4.69) is 11.4 Å². The predicted octanol–water partition coefficient (Wildman–Crippen LogP) is 7.57. The van der Waals surface area contributed by atoms with Gasteiger partial charge in [-0.2, -0.15) is 5.26 Å². The molecule has 3 aromatic carbocycles. The van der Waals surface area contributed by atoms with Crippen molar-refractivity contribution < 1.29 is 9.90 Å². The molecule has 0 fully saturated rings. The fraction of sp³-hybridized carbons (Fsp3) is 0.0476. The van der Waals surface area contributed by atoms with Crippen LogP contribution in [0.4, 0.5) is 5.69 Å². The van der Waals surface area contributed by atoms with Crippen LogP contribution in [-0.2, 0) is 0 Å². The molecule has 0 aliphatic heterocycles. The number of benzene rings is 3. The number of nitrogens with zero attached hydrogens (tertiary/aromatic N) is 1. The highest BCUT2D eigenvalue weighted by atomic mass is 35.5. The molecule has 152 valence electrons. The first-order chi connectivity index (χ1) is 14.2. The van der Waals surface area contributed by atoms with Crippen molar-refractivity contribution in [2.45, 2.75) is 5.92 Å². The Morgan fingerprint density at radius 2 is 1.60 bits per heavy atom. The second-order valence-corrected chi connectivity index (χ2v) is 8.19. The van der Waals surface area contributed by atoms with Gasteiger partial charge in [0.2, 0.25) is 0 Å². The quantitative estimate of drug-likeness (QED) is 0.363. The fourth-order valence-corrected chi connectivity index (χ4v) is 3.89. The Morgan fingerprint density at radius 3 is 2.20 bits per heavy atom. The Balaban J connectivity index is 1.84. The summed E-state index contributed by atoms with van der Waals surface area (Å²) < 4.78 is 0. The summed E-state index contributed by atoms with van der Waals surface area (Å²) in [5.41, 5.74) is 1.61. The lowest BCUT2D eigenvalue weighted by Crippen LogP contribution is -2.12. The molecule has 0 spiro atoms. The molecule has 0 aliphatic carbocycles. The van der Waals surface area contributed by atoms with Gasteiger partial charge in [-0.15, -0.1) is 0 Å². The van der Waals surface area contributed by atoms with E-state index in [0.717, 1.165) is 0 Å². The van der Waals surface area contributed by atoms with Crippen molar-refractivity contribution in [3.05, 3.63) is 90.3 Å². The topological polar surface area (TPSA) is 73.1 Å². The van der Waals surface area contributed by atoms with Gasteiger partial charge in [-0.3, -0.25) is 4.79 Å². The Hall–Kier alpha value is -2.13. The summed E-state index contributed by atoms with van der Waals surface area (Å²) in [6, 6.07) is 15.0. The number of nitrogens with one attached hydrogen (secondary N) is 1. The number of phenolic OH excluding ortho intramolecular Hbond substituents is 1. The van der Waals surface area contributed by atoms with Crippen molar-refractivity contribution >= 4 is 69.6 Å². The highest BCUT2D eigenvalue weighted by Gasteiger charge is 2.20. The maximum atomic E-state index is 12.5. The minimum Gasteiger partial charge on any atom is -0.505 e. The van der Waals surface area contributed by atoms with Crippen LogP contribution in [-0.4, -0.2) is 11.0 Å². The monoisotopic (exact) mass is 498 g/mol. The second kappa shape index (κ2) is 9.34. The largest absolute Gasteiger partial charge is 0.505 e. The number of rotatable bonds is 4. The fourth-order valence-electron chi connectivity index (χ4n) is 2.78. The number of carbonyl (C=O) groups excluding carboxylic acids is 1. The van der Waals surface area contributed by atoms with Crippen LogP contribution in [0.5, 0.6) is 5.75 Å². The molecule has 9 heteroatoms. The van der Waals surface area contributed by atoms with Crippen LogP contribution in [0.15, 0.2) is 48.5 Å². The molecule has 1 amide bonds. The summed E-state index contributed by atoms with van der Waals surface area (Å²) in [5, 5.41) is 23.0. The lowest BCUT2D eigenvalue weighted by Gasteiger charge is -2.14. The van der Waals surface area contributed by atoms with E-state index in [9.17, 15) is 15.2 Å². The maximum absolute atomic E-state index is 12.5. The average Bonchev–Trinajstić information content (AvgIpc) is 2.72. The Labute approximate surface area is 197 Å². The van der Waals surface area contributed by atoms with E-state index in [1.54, 1.807) is 42.5 Å². The summed E-state index contributed by atoms with van der Waals surface area (Å²) in [5.74, 6) is -1.71. The molecule has 0 aliphatic rings. The molecule has 2 N–H and O–H groups in total. The van der Waals surface area contributed by atoms with Gasteiger partial charge in [0.25, 0.3) is 5.91 Å². The summed E-state index contributed by atoms with van der Waals surface area (Å²) in [6.45, 7) is 0. The first-order valence-electron chi connectivity index (χ1n) is 8.35. The van der Waals surface area contributed by atoms with Crippen LogP contribution < -0.4 is 5.32 Å². The molecule has 0 saturated heterocycles. The minimum atomic E-state index is -0.627. The van der Waals surface area contributed by atoms with Gasteiger partial charge >= 0.3 is 0 Å². The van der Waals surface area contributed by atoms with Crippen molar-refractivity contribution in [3.8, 4) is 11.8 Å². The SMILES string of the molecule is N#CC(c1ccc(NC(=O)c2cc(Cl)c(Cl)c(Cl)c2O)cc1)c1ccc(Cl)cc1Cl. The average molecular weight is 501 g/mol. The standard InChI is InChI=1S/C21H11Cl5N2O2/c22-11-3-6-13(16(23)7-11)15(9-27)10-1-4-12(5-2-10)28-21(30)14-8-17(24)18(25)19(26)20(14)29/h1-8,15,29H,(H,28,30). The number of halogens is 5. The molecule has 0 saturated carbocycles. The van der Waals surface area contributed by atoms with E-state index < -0.39 is 17.6 Å². The number of aromatic hydroxyl groups is 1. The maximum Gasteiger partial charge on any atom is 0.259 e. The molecule has 0 radical (unpaired) electrons. The summed E-state index contributed by atoms with van der Waals surface area (Å²) in [7, 11) is 0. The van der Waals surface area contributed by atoms with Gasteiger partial charge in [0.05, 0.1) is 27.6 Å². The molecule has 1 unspecified atom stereocenters. The van der Waals surface area contributed by atoms with Crippen LogP contribution in [0, 0.1) is 11.3 Å². The van der Waals surface area contributed by atoms with E-state index in [4.69, 9.17) is 58.0 Å². The van der Waals surface area contributed by atoms with Gasteiger partial charge in [0, 0.05) is 15.7 Å². The van der Waals surface area contributed by atoms with Crippen molar-refractivity contribution in [1.29, 1.82) is 5.26 Å². The zero-order valence-corrected chi connectivity index (χ0v) is 18.7. The molecule has 30 heavy (non-hydrogen) atoms. The highest BCUT2D eigenvalue weighted by molar-refractivity contribution is 6.49. The molecule has 0 heterocycles. The number of hydrogen-bond donors (Lipinski definition) is 2. The Morgan fingerprint density at radius 1 is 0.933 bits per heavy atom. The number of carbonyl (C=O) groups is 1. The lowest BCUT2D eigenvalue weighted by atomic mass is 9.92. The van der Waals surface area contributed by atoms with Crippen LogP contribution in [0.1, 0.15) is 27.4 Å². The number of amides is 1. The van der Waals surface area contributed by atoms with Crippen LogP contribution in [0.2, 0.25) is 25.1 Å². The Kier molecular flexibility index (Phi) is 7.02. The molecular weight excluding hydrogens is 490 g/mol. The zero-order valence-electron chi connectivity index (χ0n) is 14.9. The van der Waals surface area contributed by atoms with Gasteiger partial charge in [0.15, 0.2) is 0 Å². The van der Waals surface area contributed by atoms with E-state index >= 15 is 0 Å². The van der Waals surface area contributed by atoms with Crippen LogP contribution >= 0.6 is 58.0 Å². The van der Waals surface area contributed by atoms with Crippen molar-refractivity contribution in [2.24, 2.45) is 0 Å². The van der Waals surface area contributed by atoms with Gasteiger partial charge < -0.3 is 10.4 Å². The number of anilines is 1. The normalized spacial score (nSPS) is 11.6. The smallest absolute Gasteiger partial charge is 0.259 e. The molecule has 4 nitrogen and oxygen atoms in total. The summed E-state index contributed by atoms with van der Waals surface area (Å²) in [6.07, 6.45) is 0. The number of nitriles is 1. The van der Waals surface area contributed by atoms with Gasteiger partial charge in [-0.25, -0.2) is 0 Å². The predicted molar refractivity (Wildman–Crippen MR) is 121 cm³/mol. The third kappa shape index (κ3) is 4.62. The molecular formula is C21H11Cl5N2O2. The highest BCUT2D eigenvalue weighted by Crippen LogP contribution is 2.39.